The minimum atomic E-state index is -0.538. The van der Waals surface area contributed by atoms with Gasteiger partial charge in [-0.05, 0) is 42.6 Å². The molecule has 25 heavy (non-hydrogen) atoms. The fourth-order valence-electron chi connectivity index (χ4n) is 2.20. The Kier molecular flexibility index (Phi) is 5.16. The lowest BCUT2D eigenvalue weighted by molar-refractivity contribution is -0.128. The van der Waals surface area contributed by atoms with Crippen LogP contribution < -0.4 is 5.32 Å². The number of nitrogens with one attached hydrogen (secondary N) is 1. The molecule has 0 spiro atoms. The van der Waals surface area contributed by atoms with E-state index in [1.165, 1.54) is 22.7 Å². The molecule has 2 heterocycles. The molecule has 1 aliphatic heterocycles. The van der Waals surface area contributed by atoms with Crippen molar-refractivity contribution in [2.24, 2.45) is 0 Å². The Morgan fingerprint density at radius 1 is 1.20 bits per heavy atom. The molecule has 2 amide bonds. The van der Waals surface area contributed by atoms with Gasteiger partial charge in [0.05, 0.1) is 0 Å². The van der Waals surface area contributed by atoms with Crippen LogP contribution in [0.3, 0.4) is 0 Å². The predicted molar refractivity (Wildman–Crippen MR) is 99.9 cm³/mol. The maximum Gasteiger partial charge on any atom is 0.266 e. The fourth-order valence-corrected chi connectivity index (χ4v) is 3.25. The quantitative estimate of drug-likeness (QED) is 0.379. The molecule has 0 saturated carbocycles. The lowest BCUT2D eigenvalue weighted by Gasteiger charge is -2.27. The number of carbonyl (C=O) groups excluding carboxylic acids is 2. The van der Waals surface area contributed by atoms with Crippen molar-refractivity contribution in [2.75, 3.05) is 6.54 Å². The molecule has 1 aromatic heterocycles. The molecule has 126 valence electrons. The molecule has 5 nitrogen and oxygen atoms in total. The number of rotatable bonds is 5. The van der Waals surface area contributed by atoms with Crippen LogP contribution >= 0.6 is 24.0 Å². The highest BCUT2D eigenvalue weighted by atomic mass is 32.2. The van der Waals surface area contributed by atoms with Gasteiger partial charge in [0, 0.05) is 11.4 Å². The molecule has 0 radical (unpaired) electrons. The van der Waals surface area contributed by atoms with Crippen LogP contribution in [0.5, 0.6) is 0 Å². The second-order valence-electron chi connectivity index (χ2n) is 5.09. The van der Waals surface area contributed by atoms with Crippen LogP contribution in [-0.4, -0.2) is 28.4 Å². The highest BCUT2D eigenvalue weighted by Crippen LogP contribution is 2.29. The monoisotopic (exact) mass is 370 g/mol. The molecule has 0 bridgehead atoms. The van der Waals surface area contributed by atoms with Gasteiger partial charge in [-0.1, -0.05) is 36.0 Å². The topological polar surface area (TPSA) is 62.6 Å². The number of hydrogen-bond acceptors (Lipinski definition) is 5. The zero-order valence-corrected chi connectivity index (χ0v) is 14.7. The average Bonchev–Trinajstić information content (AvgIpc) is 3.03. The van der Waals surface area contributed by atoms with Crippen LogP contribution in [0.2, 0.25) is 0 Å². The van der Waals surface area contributed by atoms with Crippen molar-refractivity contribution in [3.8, 4) is 0 Å². The minimum Gasteiger partial charge on any atom is -0.450 e. The van der Waals surface area contributed by atoms with Gasteiger partial charge in [-0.15, -0.1) is 6.58 Å². The summed E-state index contributed by atoms with van der Waals surface area (Å²) in [6.45, 7) is 3.81. The SMILES string of the molecule is C=CCN1C(=O)/C(=C\c2ccc(Sc3ccccc3)o2)C(=O)NC1=S. The van der Waals surface area contributed by atoms with E-state index >= 15 is 0 Å². The molecular weight excluding hydrogens is 356 g/mol. The Hall–Kier alpha value is -2.64. The molecule has 1 aromatic carbocycles. The zero-order valence-electron chi connectivity index (χ0n) is 13.1. The van der Waals surface area contributed by atoms with Crippen molar-refractivity contribution in [3.63, 3.8) is 0 Å². The Morgan fingerprint density at radius 3 is 2.68 bits per heavy atom. The highest BCUT2D eigenvalue weighted by molar-refractivity contribution is 7.99. The first-order valence-corrected chi connectivity index (χ1v) is 8.63. The van der Waals surface area contributed by atoms with Crippen LogP contribution in [0.25, 0.3) is 6.08 Å². The second kappa shape index (κ2) is 7.50. The molecule has 0 unspecified atom stereocenters. The van der Waals surface area contributed by atoms with E-state index in [1.54, 1.807) is 18.2 Å². The fraction of sp³-hybridized carbons (Fsp3) is 0.0556. The van der Waals surface area contributed by atoms with Crippen molar-refractivity contribution in [1.29, 1.82) is 0 Å². The molecular formula is C18H14N2O3S2. The molecule has 0 atom stereocenters. The van der Waals surface area contributed by atoms with E-state index in [4.69, 9.17) is 16.6 Å². The number of carbonyl (C=O) groups is 2. The maximum absolute atomic E-state index is 12.5. The Balaban J connectivity index is 1.82. The van der Waals surface area contributed by atoms with Gasteiger partial charge < -0.3 is 4.42 Å². The summed E-state index contributed by atoms with van der Waals surface area (Å²) in [6.07, 6.45) is 2.96. The summed E-state index contributed by atoms with van der Waals surface area (Å²) in [4.78, 5) is 26.8. The number of furan rings is 1. The Labute approximate surface area is 154 Å². The molecule has 1 aliphatic rings. The summed E-state index contributed by atoms with van der Waals surface area (Å²) < 4.78 is 5.69. The van der Waals surface area contributed by atoms with Crippen molar-refractivity contribution in [2.45, 2.75) is 9.99 Å². The van der Waals surface area contributed by atoms with Crippen molar-refractivity contribution < 1.29 is 14.0 Å². The van der Waals surface area contributed by atoms with E-state index in [2.05, 4.69) is 11.9 Å². The van der Waals surface area contributed by atoms with Gasteiger partial charge in [0.15, 0.2) is 10.2 Å². The second-order valence-corrected chi connectivity index (χ2v) is 6.56. The lowest BCUT2D eigenvalue weighted by Crippen LogP contribution is -2.53. The van der Waals surface area contributed by atoms with Gasteiger partial charge in [0.1, 0.15) is 11.3 Å². The Bertz CT molecular complexity index is 871. The summed E-state index contributed by atoms with van der Waals surface area (Å²) in [7, 11) is 0. The molecule has 2 aromatic rings. The summed E-state index contributed by atoms with van der Waals surface area (Å²) in [5, 5.41) is 3.24. The van der Waals surface area contributed by atoms with E-state index < -0.39 is 11.8 Å². The largest absolute Gasteiger partial charge is 0.450 e. The summed E-state index contributed by atoms with van der Waals surface area (Å²) in [6, 6.07) is 13.3. The molecule has 0 aliphatic carbocycles. The third-order valence-electron chi connectivity index (χ3n) is 3.35. The van der Waals surface area contributed by atoms with Crippen molar-refractivity contribution in [3.05, 3.63) is 66.5 Å². The number of hydrogen-bond donors (Lipinski definition) is 1. The number of thiocarbonyl (C=S) groups is 1. The lowest BCUT2D eigenvalue weighted by atomic mass is 10.1. The predicted octanol–water partition coefficient (Wildman–Crippen LogP) is 3.24. The smallest absolute Gasteiger partial charge is 0.266 e. The first kappa shape index (κ1) is 17.2. The number of nitrogens with zero attached hydrogens (tertiary/aromatic N) is 1. The van der Waals surface area contributed by atoms with Crippen LogP contribution in [0.4, 0.5) is 0 Å². The summed E-state index contributed by atoms with van der Waals surface area (Å²) in [5.74, 6) is -0.588. The Morgan fingerprint density at radius 2 is 1.96 bits per heavy atom. The van der Waals surface area contributed by atoms with Crippen LogP contribution in [0.15, 0.2) is 75.1 Å². The van der Waals surface area contributed by atoms with Gasteiger partial charge >= 0.3 is 0 Å². The number of benzene rings is 1. The van der Waals surface area contributed by atoms with E-state index in [1.807, 2.05) is 30.3 Å². The first-order chi connectivity index (χ1) is 12.1. The van der Waals surface area contributed by atoms with Gasteiger partial charge in [-0.2, -0.15) is 0 Å². The summed E-state index contributed by atoms with van der Waals surface area (Å²) in [5.41, 5.74) is -0.0268. The van der Waals surface area contributed by atoms with Gasteiger partial charge in [-0.3, -0.25) is 19.8 Å². The van der Waals surface area contributed by atoms with E-state index in [0.29, 0.717) is 10.9 Å². The average molecular weight is 370 g/mol. The zero-order chi connectivity index (χ0) is 17.8. The highest BCUT2D eigenvalue weighted by Gasteiger charge is 2.32. The molecule has 1 fully saturated rings. The third-order valence-corrected chi connectivity index (χ3v) is 4.60. The minimum absolute atomic E-state index is 0.0268. The van der Waals surface area contributed by atoms with Crippen molar-refractivity contribution in [1.82, 2.24) is 10.2 Å². The van der Waals surface area contributed by atoms with Crippen LogP contribution in [0, 0.1) is 0 Å². The van der Waals surface area contributed by atoms with Crippen LogP contribution in [0.1, 0.15) is 5.76 Å². The van der Waals surface area contributed by atoms with Gasteiger partial charge in [0.25, 0.3) is 11.8 Å². The van der Waals surface area contributed by atoms with E-state index in [9.17, 15) is 9.59 Å². The summed E-state index contributed by atoms with van der Waals surface area (Å²) >= 11 is 6.47. The standard InChI is InChI=1S/C18H14N2O3S2/c1-2-10-20-17(22)14(16(21)19-18(20)24)11-12-8-9-15(23-12)25-13-6-4-3-5-7-13/h2-9,11H,1,10H2,(H,19,21,24)/b14-11-. The normalized spacial score (nSPS) is 16.2. The molecule has 1 N–H and O–H groups in total. The molecule has 7 heteroatoms. The third kappa shape index (κ3) is 3.89. The van der Waals surface area contributed by atoms with E-state index in [-0.39, 0.29) is 17.2 Å². The molecule has 3 rings (SSSR count). The molecule has 1 saturated heterocycles. The van der Waals surface area contributed by atoms with Gasteiger partial charge in [0.2, 0.25) is 0 Å². The van der Waals surface area contributed by atoms with Crippen molar-refractivity contribution >= 4 is 47.0 Å². The maximum atomic E-state index is 12.5. The first-order valence-electron chi connectivity index (χ1n) is 7.41. The van der Waals surface area contributed by atoms with Gasteiger partial charge in [-0.25, -0.2) is 0 Å². The number of amides is 2. The van der Waals surface area contributed by atoms with E-state index in [0.717, 1.165) is 4.90 Å². The van der Waals surface area contributed by atoms with Crippen LogP contribution in [-0.2, 0) is 9.59 Å².